The molecule has 2 aromatic rings. The first-order chi connectivity index (χ1) is 12.7. The van der Waals surface area contributed by atoms with E-state index in [1.165, 1.54) is 12.1 Å². The highest BCUT2D eigenvalue weighted by molar-refractivity contribution is 7.85. The first kappa shape index (κ1) is 22.8. The second kappa shape index (κ2) is 11.5. The van der Waals surface area contributed by atoms with E-state index in [9.17, 15) is 13.2 Å². The molecule has 0 radical (unpaired) electrons. The number of hydrogen-bond acceptors (Lipinski definition) is 5. The van der Waals surface area contributed by atoms with Crippen LogP contribution < -0.4 is 5.73 Å². The minimum Gasteiger partial charge on any atom is -0.460 e. The fraction of sp³-hybridized carbons (Fsp3) is 0.350. The van der Waals surface area contributed by atoms with Crippen molar-refractivity contribution in [1.29, 1.82) is 0 Å². The zero-order valence-corrected chi connectivity index (χ0v) is 16.5. The van der Waals surface area contributed by atoms with Crippen molar-refractivity contribution in [2.24, 2.45) is 5.73 Å². The van der Waals surface area contributed by atoms with E-state index >= 15 is 0 Å². The van der Waals surface area contributed by atoms with Gasteiger partial charge in [0.05, 0.1) is 4.90 Å². The molecule has 6 nitrogen and oxygen atoms in total. The summed E-state index contributed by atoms with van der Waals surface area (Å²) in [5.74, 6) is -0.308. The van der Waals surface area contributed by atoms with Crippen LogP contribution in [-0.2, 0) is 26.3 Å². The van der Waals surface area contributed by atoms with Gasteiger partial charge in [0.1, 0.15) is 12.6 Å². The van der Waals surface area contributed by atoms with Crippen LogP contribution in [0.15, 0.2) is 59.5 Å². The van der Waals surface area contributed by atoms with Gasteiger partial charge in [-0.1, -0.05) is 67.8 Å². The highest BCUT2D eigenvalue weighted by Crippen LogP contribution is 2.08. The lowest BCUT2D eigenvalue weighted by Crippen LogP contribution is -2.32. The quantitative estimate of drug-likeness (QED) is 0.551. The SMILES string of the molecule is CCCC[C@H](N)C(=O)OCc1ccccc1.Cc1ccc(S(=O)(=O)O)cc1. The predicted molar refractivity (Wildman–Crippen MR) is 105 cm³/mol. The fourth-order valence-electron chi connectivity index (χ4n) is 2.09. The number of nitrogens with two attached hydrogens (primary N) is 1. The molecule has 2 aromatic carbocycles. The molecule has 148 valence electrons. The third kappa shape index (κ3) is 9.33. The summed E-state index contributed by atoms with van der Waals surface area (Å²) in [4.78, 5) is 11.4. The summed E-state index contributed by atoms with van der Waals surface area (Å²) in [6.45, 7) is 4.22. The van der Waals surface area contributed by atoms with Crippen LogP contribution in [0, 0.1) is 6.92 Å². The van der Waals surface area contributed by atoms with Crippen molar-refractivity contribution < 1.29 is 22.5 Å². The molecule has 0 bridgehead atoms. The van der Waals surface area contributed by atoms with Gasteiger partial charge in [0.25, 0.3) is 10.1 Å². The molecule has 0 amide bonds. The Morgan fingerprint density at radius 3 is 2.22 bits per heavy atom. The maximum atomic E-state index is 11.5. The zero-order valence-electron chi connectivity index (χ0n) is 15.7. The molecule has 3 N–H and O–H groups in total. The first-order valence-corrected chi connectivity index (χ1v) is 10.2. The topological polar surface area (TPSA) is 107 Å². The van der Waals surface area contributed by atoms with Crippen LogP contribution in [0.5, 0.6) is 0 Å². The number of ether oxygens (including phenoxy) is 1. The van der Waals surface area contributed by atoms with Crippen molar-refractivity contribution in [2.45, 2.75) is 50.7 Å². The molecule has 0 heterocycles. The Morgan fingerprint density at radius 1 is 1.11 bits per heavy atom. The summed E-state index contributed by atoms with van der Waals surface area (Å²) >= 11 is 0. The van der Waals surface area contributed by atoms with Gasteiger partial charge in [-0.05, 0) is 31.0 Å². The number of rotatable bonds is 7. The average molecular weight is 394 g/mol. The zero-order chi connectivity index (χ0) is 20.3. The number of carbonyl (C=O) groups is 1. The van der Waals surface area contributed by atoms with E-state index < -0.39 is 16.2 Å². The predicted octanol–water partition coefficient (Wildman–Crippen LogP) is 3.49. The van der Waals surface area contributed by atoms with Crippen LogP contribution in [-0.4, -0.2) is 25.0 Å². The second-order valence-corrected chi connectivity index (χ2v) is 7.55. The third-order valence-corrected chi connectivity index (χ3v) is 4.58. The van der Waals surface area contributed by atoms with Gasteiger partial charge in [0.15, 0.2) is 0 Å². The van der Waals surface area contributed by atoms with Crippen molar-refractivity contribution >= 4 is 16.1 Å². The smallest absolute Gasteiger partial charge is 0.323 e. The number of aryl methyl sites for hydroxylation is 1. The molecule has 0 saturated heterocycles. The molecule has 0 aliphatic heterocycles. The van der Waals surface area contributed by atoms with Crippen LogP contribution in [0.4, 0.5) is 0 Å². The standard InChI is InChI=1S/C13H19NO2.C7H8O3S/c1-2-3-9-12(14)13(15)16-10-11-7-5-4-6-8-11;1-6-2-4-7(5-3-6)11(8,9)10/h4-8,12H,2-3,9-10,14H2,1H3;2-5H,1H3,(H,8,9,10)/t12-;/m0./s1. The molecule has 0 saturated carbocycles. The maximum absolute atomic E-state index is 11.5. The van der Waals surface area contributed by atoms with Crippen molar-refractivity contribution in [3.05, 3.63) is 65.7 Å². The number of unbranched alkanes of at least 4 members (excludes halogenated alkanes) is 1. The molecule has 2 rings (SSSR count). The molecule has 7 heteroatoms. The summed E-state index contributed by atoms with van der Waals surface area (Å²) in [7, 11) is -4.02. The van der Waals surface area contributed by atoms with E-state index in [0.717, 1.165) is 24.0 Å². The van der Waals surface area contributed by atoms with Gasteiger partial charge in [-0.15, -0.1) is 0 Å². The Kier molecular flexibility index (Phi) is 9.71. The van der Waals surface area contributed by atoms with Gasteiger partial charge in [0.2, 0.25) is 0 Å². The van der Waals surface area contributed by atoms with Crippen LogP contribution in [0.1, 0.15) is 37.3 Å². The Balaban J connectivity index is 0.000000289. The first-order valence-electron chi connectivity index (χ1n) is 8.74. The lowest BCUT2D eigenvalue weighted by atomic mass is 10.1. The lowest BCUT2D eigenvalue weighted by Gasteiger charge is -2.10. The molecule has 0 aliphatic carbocycles. The number of carbonyl (C=O) groups excluding carboxylic acids is 1. The summed E-state index contributed by atoms with van der Waals surface area (Å²) < 4.78 is 34.7. The van der Waals surface area contributed by atoms with Crippen molar-refractivity contribution in [3.63, 3.8) is 0 Å². The van der Waals surface area contributed by atoms with Gasteiger partial charge >= 0.3 is 5.97 Å². The van der Waals surface area contributed by atoms with Crippen LogP contribution in [0.2, 0.25) is 0 Å². The van der Waals surface area contributed by atoms with Crippen molar-refractivity contribution in [3.8, 4) is 0 Å². The van der Waals surface area contributed by atoms with E-state index in [-0.39, 0.29) is 10.9 Å². The molecule has 0 spiro atoms. The Hall–Kier alpha value is -2.22. The second-order valence-electron chi connectivity index (χ2n) is 6.13. The van der Waals surface area contributed by atoms with Crippen LogP contribution in [0.3, 0.4) is 0 Å². The Morgan fingerprint density at radius 2 is 1.70 bits per heavy atom. The third-order valence-electron chi connectivity index (χ3n) is 3.71. The molecular formula is C20H27NO5S. The summed E-state index contributed by atoms with van der Waals surface area (Å²) in [5, 5.41) is 0. The Bertz CT molecular complexity index is 789. The highest BCUT2D eigenvalue weighted by atomic mass is 32.2. The minimum absolute atomic E-state index is 0.0666. The maximum Gasteiger partial charge on any atom is 0.323 e. The molecule has 0 fully saturated rings. The number of esters is 1. The van der Waals surface area contributed by atoms with Gasteiger partial charge in [-0.2, -0.15) is 8.42 Å². The van der Waals surface area contributed by atoms with E-state index in [1.54, 1.807) is 12.1 Å². The van der Waals surface area contributed by atoms with E-state index in [1.807, 2.05) is 37.3 Å². The van der Waals surface area contributed by atoms with E-state index in [0.29, 0.717) is 13.0 Å². The van der Waals surface area contributed by atoms with Gasteiger partial charge in [-0.25, -0.2) is 0 Å². The van der Waals surface area contributed by atoms with Gasteiger partial charge in [-0.3, -0.25) is 9.35 Å². The van der Waals surface area contributed by atoms with Crippen LogP contribution >= 0.6 is 0 Å². The van der Waals surface area contributed by atoms with Crippen molar-refractivity contribution in [1.82, 2.24) is 0 Å². The van der Waals surface area contributed by atoms with E-state index in [4.69, 9.17) is 15.0 Å². The summed E-state index contributed by atoms with van der Waals surface area (Å²) in [5.41, 5.74) is 7.63. The van der Waals surface area contributed by atoms with Crippen molar-refractivity contribution in [2.75, 3.05) is 0 Å². The Labute approximate surface area is 161 Å². The molecule has 1 atom stereocenters. The molecule has 0 unspecified atom stereocenters. The van der Waals surface area contributed by atoms with Crippen LogP contribution in [0.25, 0.3) is 0 Å². The minimum atomic E-state index is -4.02. The van der Waals surface area contributed by atoms with Gasteiger partial charge < -0.3 is 10.5 Å². The van der Waals surface area contributed by atoms with E-state index in [2.05, 4.69) is 6.92 Å². The largest absolute Gasteiger partial charge is 0.460 e. The number of benzene rings is 2. The fourth-order valence-corrected chi connectivity index (χ4v) is 2.57. The lowest BCUT2D eigenvalue weighted by molar-refractivity contribution is -0.146. The molecule has 27 heavy (non-hydrogen) atoms. The summed E-state index contributed by atoms with van der Waals surface area (Å²) in [6.07, 6.45) is 2.70. The normalized spacial score (nSPS) is 11.9. The monoisotopic (exact) mass is 393 g/mol. The molecule has 0 aliphatic rings. The molecular weight excluding hydrogens is 366 g/mol. The highest BCUT2D eigenvalue weighted by Gasteiger charge is 2.13. The number of hydrogen-bond donors (Lipinski definition) is 2. The van der Waals surface area contributed by atoms with Gasteiger partial charge in [0, 0.05) is 0 Å². The average Bonchev–Trinajstić information content (AvgIpc) is 2.65. The molecule has 0 aromatic heterocycles. The summed E-state index contributed by atoms with van der Waals surface area (Å²) in [6, 6.07) is 15.1.